The van der Waals surface area contributed by atoms with E-state index in [9.17, 15) is 9.59 Å². The summed E-state index contributed by atoms with van der Waals surface area (Å²) in [5, 5.41) is 5.53. The number of nitrogens with one attached hydrogen (secondary N) is 2. The fourth-order valence-electron chi connectivity index (χ4n) is 2.31. The van der Waals surface area contributed by atoms with Gasteiger partial charge in [0.15, 0.2) is 0 Å². The molecule has 2 amide bonds. The first-order valence-corrected chi connectivity index (χ1v) is 8.76. The lowest BCUT2D eigenvalue weighted by Crippen LogP contribution is -2.41. The van der Waals surface area contributed by atoms with Gasteiger partial charge in [-0.3, -0.25) is 9.59 Å². The average molecular weight is 370 g/mol. The maximum Gasteiger partial charge on any atom is 0.239 e. The van der Waals surface area contributed by atoms with Crippen LogP contribution >= 0.6 is 0 Å². The molecular weight excluding hydrogens is 344 g/mol. The number of ether oxygens (including phenoxy) is 2. The minimum atomic E-state index is -1.28. The van der Waals surface area contributed by atoms with Gasteiger partial charge in [-0.05, 0) is 64.1 Å². The first-order chi connectivity index (χ1) is 12.7. The van der Waals surface area contributed by atoms with Crippen molar-refractivity contribution in [3.05, 3.63) is 48.5 Å². The molecule has 2 N–H and O–H groups in total. The summed E-state index contributed by atoms with van der Waals surface area (Å²) in [5.74, 6) is 0.413. The molecule has 0 saturated heterocycles. The van der Waals surface area contributed by atoms with Crippen molar-refractivity contribution < 1.29 is 19.1 Å². The van der Waals surface area contributed by atoms with E-state index in [1.165, 1.54) is 7.11 Å². The van der Waals surface area contributed by atoms with Gasteiger partial charge in [-0.25, -0.2) is 0 Å². The van der Waals surface area contributed by atoms with Crippen LogP contribution in [0.15, 0.2) is 48.5 Å². The third-order valence-corrected chi connectivity index (χ3v) is 3.97. The number of benzene rings is 2. The van der Waals surface area contributed by atoms with Gasteiger partial charge in [0.1, 0.15) is 16.9 Å². The Labute approximate surface area is 159 Å². The molecule has 6 nitrogen and oxygen atoms in total. The number of hydrogen-bond acceptors (Lipinski definition) is 4. The van der Waals surface area contributed by atoms with Crippen molar-refractivity contribution in [2.24, 2.45) is 5.41 Å². The highest BCUT2D eigenvalue weighted by molar-refractivity contribution is 6.14. The maximum atomic E-state index is 12.7. The van der Waals surface area contributed by atoms with Gasteiger partial charge in [0.05, 0.1) is 18.9 Å². The Balaban J connectivity index is 2.06. The highest BCUT2D eigenvalue weighted by atomic mass is 16.5. The molecule has 27 heavy (non-hydrogen) atoms. The molecule has 2 aromatic carbocycles. The molecule has 0 aliphatic rings. The zero-order valence-corrected chi connectivity index (χ0v) is 16.3. The van der Waals surface area contributed by atoms with Crippen LogP contribution in [0.1, 0.15) is 27.7 Å². The van der Waals surface area contributed by atoms with Crippen LogP contribution in [0.4, 0.5) is 11.4 Å². The summed E-state index contributed by atoms with van der Waals surface area (Å²) in [6.07, 6.45) is 0.0723. The van der Waals surface area contributed by atoms with Gasteiger partial charge in [0.25, 0.3) is 0 Å². The normalized spacial score (nSPS) is 11.0. The lowest BCUT2D eigenvalue weighted by atomic mass is 9.90. The summed E-state index contributed by atoms with van der Waals surface area (Å²) in [7, 11) is 1.52. The first kappa shape index (κ1) is 20.3. The molecule has 2 rings (SSSR count). The van der Waals surface area contributed by atoms with E-state index in [2.05, 4.69) is 10.6 Å². The molecule has 0 saturated carbocycles. The number of para-hydroxylation sites is 2. The number of amides is 2. The standard InChI is InChI=1S/C21H26N2O4/c1-14(2)27-16-12-10-15(11-13-16)22-19(24)21(3,4)20(25)23-17-8-6-7-9-18(17)26-5/h6-14H,1-5H3,(H,22,24)(H,23,25). The Morgan fingerprint density at radius 3 is 2.11 bits per heavy atom. The van der Waals surface area contributed by atoms with Crippen molar-refractivity contribution in [2.75, 3.05) is 17.7 Å². The van der Waals surface area contributed by atoms with Crippen LogP contribution < -0.4 is 20.1 Å². The minimum absolute atomic E-state index is 0.0723. The van der Waals surface area contributed by atoms with E-state index in [0.717, 1.165) is 5.75 Å². The molecule has 0 heterocycles. The molecule has 0 aliphatic carbocycles. The van der Waals surface area contributed by atoms with Crippen molar-refractivity contribution >= 4 is 23.2 Å². The second-order valence-corrected chi connectivity index (χ2v) is 6.92. The zero-order chi connectivity index (χ0) is 20.0. The smallest absolute Gasteiger partial charge is 0.239 e. The van der Waals surface area contributed by atoms with Crippen LogP contribution in [-0.2, 0) is 9.59 Å². The molecular formula is C21H26N2O4. The van der Waals surface area contributed by atoms with E-state index in [4.69, 9.17) is 9.47 Å². The van der Waals surface area contributed by atoms with Gasteiger partial charge in [0.2, 0.25) is 11.8 Å². The summed E-state index contributed by atoms with van der Waals surface area (Å²) < 4.78 is 10.8. The lowest BCUT2D eigenvalue weighted by Gasteiger charge is -2.23. The molecule has 0 bridgehead atoms. The molecule has 144 valence electrons. The number of carbonyl (C=O) groups is 2. The highest BCUT2D eigenvalue weighted by Crippen LogP contribution is 2.27. The Bertz CT molecular complexity index is 798. The SMILES string of the molecule is COc1ccccc1NC(=O)C(C)(C)C(=O)Nc1ccc(OC(C)C)cc1. The van der Waals surface area contributed by atoms with Gasteiger partial charge in [-0.2, -0.15) is 0 Å². The van der Waals surface area contributed by atoms with Gasteiger partial charge < -0.3 is 20.1 Å². The van der Waals surface area contributed by atoms with Crippen molar-refractivity contribution in [3.63, 3.8) is 0 Å². The highest BCUT2D eigenvalue weighted by Gasteiger charge is 2.36. The molecule has 0 aliphatic heterocycles. The predicted octanol–water partition coefficient (Wildman–Crippen LogP) is 4.09. The number of rotatable bonds is 7. The third kappa shape index (κ3) is 5.23. The van der Waals surface area contributed by atoms with E-state index >= 15 is 0 Å². The number of hydrogen-bond donors (Lipinski definition) is 2. The second kappa shape index (κ2) is 8.58. The fourth-order valence-corrected chi connectivity index (χ4v) is 2.31. The second-order valence-electron chi connectivity index (χ2n) is 6.92. The van der Waals surface area contributed by atoms with Crippen molar-refractivity contribution in [2.45, 2.75) is 33.8 Å². The van der Waals surface area contributed by atoms with Crippen molar-refractivity contribution in [1.82, 2.24) is 0 Å². The van der Waals surface area contributed by atoms with Gasteiger partial charge in [-0.1, -0.05) is 12.1 Å². The van der Waals surface area contributed by atoms with Crippen molar-refractivity contribution in [1.29, 1.82) is 0 Å². The van der Waals surface area contributed by atoms with Crippen LogP contribution in [0.25, 0.3) is 0 Å². The van der Waals surface area contributed by atoms with Crippen LogP contribution in [0.3, 0.4) is 0 Å². The van der Waals surface area contributed by atoms with E-state index in [1.54, 1.807) is 62.4 Å². The Morgan fingerprint density at radius 2 is 1.52 bits per heavy atom. The van der Waals surface area contributed by atoms with Gasteiger partial charge in [0, 0.05) is 5.69 Å². The van der Waals surface area contributed by atoms with Crippen molar-refractivity contribution in [3.8, 4) is 11.5 Å². The molecule has 0 atom stereocenters. The van der Waals surface area contributed by atoms with Gasteiger partial charge >= 0.3 is 0 Å². The monoisotopic (exact) mass is 370 g/mol. The molecule has 0 aromatic heterocycles. The fraction of sp³-hybridized carbons (Fsp3) is 0.333. The largest absolute Gasteiger partial charge is 0.495 e. The van der Waals surface area contributed by atoms with E-state index in [1.807, 2.05) is 13.8 Å². The van der Waals surface area contributed by atoms with E-state index < -0.39 is 17.2 Å². The molecule has 2 aromatic rings. The minimum Gasteiger partial charge on any atom is -0.495 e. The molecule has 0 unspecified atom stereocenters. The summed E-state index contributed by atoms with van der Waals surface area (Å²) in [5.41, 5.74) is -0.177. The maximum absolute atomic E-state index is 12.7. The number of methoxy groups -OCH3 is 1. The summed E-state index contributed by atoms with van der Waals surface area (Å²) in [6.45, 7) is 7.03. The predicted molar refractivity (Wildman–Crippen MR) is 106 cm³/mol. The number of anilines is 2. The third-order valence-electron chi connectivity index (χ3n) is 3.97. The Kier molecular flexibility index (Phi) is 6.45. The Morgan fingerprint density at radius 1 is 0.926 bits per heavy atom. The van der Waals surface area contributed by atoms with E-state index in [0.29, 0.717) is 17.1 Å². The topological polar surface area (TPSA) is 76.7 Å². The van der Waals surface area contributed by atoms with Crippen LogP contribution in [0.2, 0.25) is 0 Å². The van der Waals surface area contributed by atoms with Gasteiger partial charge in [-0.15, -0.1) is 0 Å². The lowest BCUT2D eigenvalue weighted by molar-refractivity contribution is -0.135. The quantitative estimate of drug-likeness (QED) is 0.720. The number of carbonyl (C=O) groups excluding carboxylic acids is 2. The van der Waals surface area contributed by atoms with E-state index in [-0.39, 0.29) is 6.10 Å². The summed E-state index contributed by atoms with van der Waals surface area (Å²) in [6, 6.07) is 14.1. The zero-order valence-electron chi connectivity index (χ0n) is 16.3. The molecule has 0 radical (unpaired) electrons. The summed E-state index contributed by atoms with van der Waals surface area (Å²) in [4.78, 5) is 25.3. The molecule has 0 spiro atoms. The van der Waals surface area contributed by atoms with Crippen LogP contribution in [-0.4, -0.2) is 25.0 Å². The first-order valence-electron chi connectivity index (χ1n) is 8.76. The Hall–Kier alpha value is -3.02. The van der Waals surface area contributed by atoms with Crippen LogP contribution in [0, 0.1) is 5.41 Å². The molecule has 0 fully saturated rings. The average Bonchev–Trinajstić information content (AvgIpc) is 2.63. The summed E-state index contributed by atoms with van der Waals surface area (Å²) >= 11 is 0. The molecule has 6 heteroatoms. The van der Waals surface area contributed by atoms with Crippen LogP contribution in [0.5, 0.6) is 11.5 Å².